The fourth-order valence-electron chi connectivity index (χ4n) is 2.48. The second kappa shape index (κ2) is 5.55. The Morgan fingerprint density at radius 1 is 1.37 bits per heavy atom. The molecule has 5 nitrogen and oxygen atoms in total. The van der Waals surface area contributed by atoms with Crippen molar-refractivity contribution in [3.63, 3.8) is 0 Å². The molecule has 0 aromatic carbocycles. The molecule has 0 radical (unpaired) electrons. The first kappa shape index (κ1) is 13.8. The standard InChI is InChI=1S/C14H21N3O2/c1-9-4-6-17(7-5-9)13(18)8-12-10(2)15-11(3)16-14(12)19/h9H,4-8H2,1-3H3,(H,15,16,19). The fraction of sp³-hybridized carbons (Fsp3) is 0.643. The first-order chi connectivity index (χ1) is 8.97. The third-order valence-electron chi connectivity index (χ3n) is 3.81. The highest BCUT2D eigenvalue weighted by Gasteiger charge is 2.22. The zero-order chi connectivity index (χ0) is 14.0. The molecule has 0 atom stereocenters. The van der Waals surface area contributed by atoms with Crippen LogP contribution in [0.2, 0.25) is 0 Å². The maximum absolute atomic E-state index is 12.2. The van der Waals surface area contributed by atoms with E-state index >= 15 is 0 Å². The van der Waals surface area contributed by atoms with Gasteiger partial charge in [0.25, 0.3) is 5.56 Å². The topological polar surface area (TPSA) is 66.1 Å². The van der Waals surface area contributed by atoms with Crippen LogP contribution in [0.25, 0.3) is 0 Å². The van der Waals surface area contributed by atoms with Crippen LogP contribution < -0.4 is 5.56 Å². The summed E-state index contributed by atoms with van der Waals surface area (Å²) in [5.74, 6) is 1.31. The van der Waals surface area contributed by atoms with Crippen molar-refractivity contribution in [1.82, 2.24) is 14.9 Å². The Kier molecular flexibility index (Phi) is 4.02. The van der Waals surface area contributed by atoms with E-state index < -0.39 is 0 Å². The number of carbonyl (C=O) groups is 1. The van der Waals surface area contributed by atoms with Crippen LogP contribution in [0.15, 0.2) is 4.79 Å². The van der Waals surface area contributed by atoms with Gasteiger partial charge in [0, 0.05) is 24.3 Å². The first-order valence-electron chi connectivity index (χ1n) is 6.81. The molecule has 1 fully saturated rings. The number of nitrogens with one attached hydrogen (secondary N) is 1. The SMILES string of the molecule is Cc1nc(C)c(CC(=O)N2CCC(C)CC2)c(=O)[nH]1. The number of aromatic amines is 1. The Morgan fingerprint density at radius 3 is 2.58 bits per heavy atom. The van der Waals surface area contributed by atoms with E-state index in [1.165, 1.54) is 0 Å². The molecule has 1 aromatic rings. The molecule has 0 aliphatic carbocycles. The largest absolute Gasteiger partial charge is 0.342 e. The molecule has 0 saturated carbocycles. The number of nitrogens with zero attached hydrogens (tertiary/aromatic N) is 2. The first-order valence-corrected chi connectivity index (χ1v) is 6.81. The molecule has 2 heterocycles. The molecule has 5 heteroatoms. The number of piperidine rings is 1. The van der Waals surface area contributed by atoms with Gasteiger partial charge in [0.2, 0.25) is 5.91 Å². The quantitative estimate of drug-likeness (QED) is 0.871. The second-order valence-corrected chi connectivity index (χ2v) is 5.46. The summed E-state index contributed by atoms with van der Waals surface area (Å²) >= 11 is 0. The number of aryl methyl sites for hydroxylation is 2. The lowest BCUT2D eigenvalue weighted by Crippen LogP contribution is -2.39. The minimum Gasteiger partial charge on any atom is -0.342 e. The van der Waals surface area contributed by atoms with E-state index in [1.807, 2.05) is 4.90 Å². The molecule has 2 rings (SSSR count). The maximum Gasteiger partial charge on any atom is 0.254 e. The van der Waals surface area contributed by atoms with E-state index in [-0.39, 0.29) is 17.9 Å². The minimum absolute atomic E-state index is 0.0335. The van der Waals surface area contributed by atoms with Gasteiger partial charge < -0.3 is 9.88 Å². The Morgan fingerprint density at radius 2 is 2.00 bits per heavy atom. The maximum atomic E-state index is 12.2. The predicted octanol–water partition coefficient (Wildman–Crippen LogP) is 1.19. The molecule has 1 aliphatic heterocycles. The van der Waals surface area contributed by atoms with Crippen LogP contribution in [0.1, 0.15) is 36.8 Å². The number of likely N-dealkylation sites (tertiary alicyclic amines) is 1. The van der Waals surface area contributed by atoms with E-state index in [2.05, 4.69) is 16.9 Å². The van der Waals surface area contributed by atoms with Gasteiger partial charge in [-0.3, -0.25) is 9.59 Å². The number of hydrogen-bond acceptors (Lipinski definition) is 3. The molecule has 104 valence electrons. The highest BCUT2D eigenvalue weighted by atomic mass is 16.2. The molecule has 1 aromatic heterocycles. The highest BCUT2D eigenvalue weighted by Crippen LogP contribution is 2.16. The summed E-state index contributed by atoms with van der Waals surface area (Å²) < 4.78 is 0. The average Bonchev–Trinajstić information content (AvgIpc) is 2.34. The van der Waals surface area contributed by atoms with Crippen LogP contribution in [0.3, 0.4) is 0 Å². The van der Waals surface area contributed by atoms with Gasteiger partial charge >= 0.3 is 0 Å². The van der Waals surface area contributed by atoms with E-state index in [0.29, 0.717) is 23.0 Å². The molecule has 1 saturated heterocycles. The molecular weight excluding hydrogens is 242 g/mol. The Hall–Kier alpha value is -1.65. The van der Waals surface area contributed by atoms with E-state index in [0.717, 1.165) is 25.9 Å². The fourth-order valence-corrected chi connectivity index (χ4v) is 2.48. The number of H-pyrrole nitrogens is 1. The average molecular weight is 263 g/mol. The highest BCUT2D eigenvalue weighted by molar-refractivity contribution is 5.79. The van der Waals surface area contributed by atoms with Gasteiger partial charge in [-0.05, 0) is 32.6 Å². The molecular formula is C14H21N3O2. The van der Waals surface area contributed by atoms with Gasteiger partial charge in [0.15, 0.2) is 0 Å². The smallest absolute Gasteiger partial charge is 0.254 e. The molecule has 1 N–H and O–H groups in total. The number of amides is 1. The zero-order valence-electron chi connectivity index (χ0n) is 11.8. The van der Waals surface area contributed by atoms with Crippen molar-refractivity contribution < 1.29 is 4.79 Å². The lowest BCUT2D eigenvalue weighted by molar-refractivity contribution is -0.131. The Bertz CT molecular complexity index is 528. The molecule has 1 amide bonds. The van der Waals surface area contributed by atoms with Crippen LogP contribution in [0.5, 0.6) is 0 Å². The summed E-state index contributed by atoms with van der Waals surface area (Å²) in [4.78, 5) is 32.8. The third kappa shape index (κ3) is 3.22. The summed E-state index contributed by atoms with van der Waals surface area (Å²) in [5.41, 5.74) is 0.956. The summed E-state index contributed by atoms with van der Waals surface area (Å²) in [6.07, 6.45) is 2.25. The number of carbonyl (C=O) groups excluding carboxylic acids is 1. The number of rotatable bonds is 2. The third-order valence-corrected chi connectivity index (χ3v) is 3.81. The summed E-state index contributed by atoms with van der Waals surface area (Å²) in [6, 6.07) is 0. The van der Waals surface area contributed by atoms with Gasteiger partial charge in [0.05, 0.1) is 6.42 Å². The lowest BCUT2D eigenvalue weighted by atomic mass is 9.98. The van der Waals surface area contributed by atoms with E-state index in [1.54, 1.807) is 13.8 Å². The van der Waals surface area contributed by atoms with Crippen LogP contribution >= 0.6 is 0 Å². The van der Waals surface area contributed by atoms with Gasteiger partial charge in [-0.15, -0.1) is 0 Å². The summed E-state index contributed by atoms with van der Waals surface area (Å²) in [6.45, 7) is 7.34. The molecule has 0 bridgehead atoms. The Balaban J connectivity index is 2.09. The van der Waals surface area contributed by atoms with Crippen LogP contribution in [0.4, 0.5) is 0 Å². The van der Waals surface area contributed by atoms with Crippen molar-refractivity contribution in [3.8, 4) is 0 Å². The molecule has 0 unspecified atom stereocenters. The van der Waals surface area contributed by atoms with Crippen LogP contribution in [-0.2, 0) is 11.2 Å². The Labute approximate surface area is 113 Å². The van der Waals surface area contributed by atoms with Gasteiger partial charge in [-0.1, -0.05) is 6.92 Å². The van der Waals surface area contributed by atoms with Crippen LogP contribution in [0, 0.1) is 19.8 Å². The van der Waals surface area contributed by atoms with Crippen molar-refractivity contribution in [2.45, 2.75) is 40.0 Å². The molecule has 0 spiro atoms. The molecule has 1 aliphatic rings. The van der Waals surface area contributed by atoms with E-state index in [4.69, 9.17) is 0 Å². The predicted molar refractivity (Wildman–Crippen MR) is 73.0 cm³/mol. The van der Waals surface area contributed by atoms with Gasteiger partial charge in [0.1, 0.15) is 5.82 Å². The summed E-state index contributed by atoms with van der Waals surface area (Å²) in [5, 5.41) is 0. The van der Waals surface area contributed by atoms with Gasteiger partial charge in [-0.2, -0.15) is 0 Å². The van der Waals surface area contributed by atoms with Crippen molar-refractivity contribution in [2.75, 3.05) is 13.1 Å². The van der Waals surface area contributed by atoms with Crippen molar-refractivity contribution in [2.24, 2.45) is 5.92 Å². The van der Waals surface area contributed by atoms with Gasteiger partial charge in [-0.25, -0.2) is 4.98 Å². The second-order valence-electron chi connectivity index (χ2n) is 5.46. The minimum atomic E-state index is -0.191. The number of aromatic nitrogens is 2. The van der Waals surface area contributed by atoms with E-state index in [9.17, 15) is 9.59 Å². The van der Waals surface area contributed by atoms with Crippen molar-refractivity contribution >= 4 is 5.91 Å². The van der Waals surface area contributed by atoms with Crippen molar-refractivity contribution in [3.05, 3.63) is 27.4 Å². The monoisotopic (exact) mass is 263 g/mol. The molecule has 19 heavy (non-hydrogen) atoms. The number of hydrogen-bond donors (Lipinski definition) is 1. The zero-order valence-corrected chi connectivity index (χ0v) is 11.8. The van der Waals surface area contributed by atoms with Crippen molar-refractivity contribution in [1.29, 1.82) is 0 Å². The normalized spacial score (nSPS) is 16.7. The lowest BCUT2D eigenvalue weighted by Gasteiger charge is -2.30. The van der Waals surface area contributed by atoms with Crippen LogP contribution in [-0.4, -0.2) is 33.9 Å². The summed E-state index contributed by atoms with van der Waals surface area (Å²) in [7, 11) is 0.